The molecule has 0 aromatic carbocycles. The van der Waals surface area contributed by atoms with Crippen LogP contribution in [0.25, 0.3) is 0 Å². The maximum atomic E-state index is 10.9. The molecule has 1 heterocycles. The lowest BCUT2D eigenvalue weighted by atomic mass is 9.91. The SMILES string of the molecule is O=C(O)CC1CC(NC2CCCC2)CN(CC(=O)O)C1. The Kier molecular flexibility index (Phi) is 5.37. The first-order valence-corrected chi connectivity index (χ1v) is 7.45. The van der Waals surface area contributed by atoms with Crippen LogP contribution < -0.4 is 5.32 Å². The molecule has 1 aliphatic heterocycles. The molecule has 0 bridgehead atoms. The van der Waals surface area contributed by atoms with E-state index < -0.39 is 11.9 Å². The first-order chi connectivity index (χ1) is 9.52. The second-order valence-electron chi connectivity index (χ2n) is 6.13. The predicted molar refractivity (Wildman–Crippen MR) is 73.6 cm³/mol. The lowest BCUT2D eigenvalue weighted by Crippen LogP contribution is -2.52. The topological polar surface area (TPSA) is 89.9 Å². The summed E-state index contributed by atoms with van der Waals surface area (Å²) in [6, 6.07) is 0.741. The van der Waals surface area contributed by atoms with Gasteiger partial charge in [0, 0.05) is 31.6 Å². The zero-order chi connectivity index (χ0) is 14.5. The highest BCUT2D eigenvalue weighted by Gasteiger charge is 2.31. The number of carboxylic acids is 2. The van der Waals surface area contributed by atoms with Crippen molar-refractivity contribution in [3.8, 4) is 0 Å². The van der Waals surface area contributed by atoms with Gasteiger partial charge in [0.25, 0.3) is 0 Å². The maximum absolute atomic E-state index is 10.9. The Labute approximate surface area is 119 Å². The number of piperidine rings is 1. The van der Waals surface area contributed by atoms with Crippen molar-refractivity contribution < 1.29 is 19.8 Å². The van der Waals surface area contributed by atoms with Crippen molar-refractivity contribution in [2.24, 2.45) is 5.92 Å². The summed E-state index contributed by atoms with van der Waals surface area (Å²) in [6.07, 6.45) is 5.82. The summed E-state index contributed by atoms with van der Waals surface area (Å²) in [5.41, 5.74) is 0. The lowest BCUT2D eigenvalue weighted by Gasteiger charge is -2.38. The summed E-state index contributed by atoms with van der Waals surface area (Å²) >= 11 is 0. The summed E-state index contributed by atoms with van der Waals surface area (Å²) in [6.45, 7) is 1.28. The van der Waals surface area contributed by atoms with Crippen molar-refractivity contribution in [2.45, 2.75) is 50.6 Å². The molecule has 1 saturated carbocycles. The maximum Gasteiger partial charge on any atom is 0.317 e. The minimum Gasteiger partial charge on any atom is -0.481 e. The number of nitrogens with one attached hydrogen (secondary N) is 1. The molecule has 2 fully saturated rings. The molecule has 1 saturated heterocycles. The van der Waals surface area contributed by atoms with Crippen LogP contribution >= 0.6 is 0 Å². The summed E-state index contributed by atoms with van der Waals surface area (Å²) in [5, 5.41) is 21.5. The highest BCUT2D eigenvalue weighted by atomic mass is 16.4. The zero-order valence-electron chi connectivity index (χ0n) is 11.8. The average molecular weight is 284 g/mol. The molecule has 2 rings (SSSR count). The fourth-order valence-corrected chi connectivity index (χ4v) is 3.56. The molecule has 114 valence electrons. The first-order valence-electron chi connectivity index (χ1n) is 7.45. The van der Waals surface area contributed by atoms with E-state index in [-0.39, 0.29) is 24.9 Å². The molecule has 20 heavy (non-hydrogen) atoms. The molecular weight excluding hydrogens is 260 g/mol. The van der Waals surface area contributed by atoms with Crippen LogP contribution in [0.15, 0.2) is 0 Å². The van der Waals surface area contributed by atoms with E-state index in [9.17, 15) is 9.59 Å². The van der Waals surface area contributed by atoms with E-state index in [1.807, 2.05) is 4.90 Å². The molecule has 1 aliphatic carbocycles. The third-order valence-electron chi connectivity index (χ3n) is 4.26. The molecule has 2 aliphatic rings. The van der Waals surface area contributed by atoms with Gasteiger partial charge in [0.05, 0.1) is 6.54 Å². The van der Waals surface area contributed by atoms with Crippen molar-refractivity contribution >= 4 is 11.9 Å². The Morgan fingerprint density at radius 3 is 2.35 bits per heavy atom. The Hall–Kier alpha value is -1.14. The van der Waals surface area contributed by atoms with Gasteiger partial charge in [0.15, 0.2) is 0 Å². The van der Waals surface area contributed by atoms with Crippen LogP contribution in [-0.2, 0) is 9.59 Å². The molecule has 6 heteroatoms. The number of nitrogens with zero attached hydrogens (tertiary/aromatic N) is 1. The van der Waals surface area contributed by atoms with Gasteiger partial charge in [-0.05, 0) is 25.2 Å². The Balaban J connectivity index is 1.91. The Bertz CT molecular complexity index is 331. The van der Waals surface area contributed by atoms with Gasteiger partial charge in [-0.15, -0.1) is 0 Å². The van der Waals surface area contributed by atoms with E-state index in [1.54, 1.807) is 0 Å². The number of carboxylic acid groups (broad SMARTS) is 2. The molecule has 0 amide bonds. The fourth-order valence-electron chi connectivity index (χ4n) is 3.56. The van der Waals surface area contributed by atoms with E-state index in [4.69, 9.17) is 10.2 Å². The van der Waals surface area contributed by atoms with Crippen LogP contribution in [0, 0.1) is 5.92 Å². The number of aliphatic carboxylic acids is 2. The standard InChI is InChI=1S/C14H24N2O4/c17-13(18)6-10-5-12(15-11-3-1-2-4-11)8-16(7-10)9-14(19)20/h10-12,15H,1-9H2,(H,17,18)(H,19,20). The van der Waals surface area contributed by atoms with E-state index >= 15 is 0 Å². The minimum absolute atomic E-state index is 0.00103. The van der Waals surface area contributed by atoms with Crippen LogP contribution in [0.4, 0.5) is 0 Å². The van der Waals surface area contributed by atoms with Crippen LogP contribution in [0.3, 0.4) is 0 Å². The van der Waals surface area contributed by atoms with Crippen molar-refractivity contribution in [3.05, 3.63) is 0 Å². The quantitative estimate of drug-likeness (QED) is 0.667. The van der Waals surface area contributed by atoms with Crippen molar-refractivity contribution in [1.29, 1.82) is 0 Å². The summed E-state index contributed by atoms with van der Waals surface area (Å²) in [4.78, 5) is 23.6. The molecule has 3 N–H and O–H groups in total. The first kappa shape index (κ1) is 15.3. The van der Waals surface area contributed by atoms with Gasteiger partial charge >= 0.3 is 11.9 Å². The molecule has 0 spiro atoms. The van der Waals surface area contributed by atoms with Crippen molar-refractivity contribution in [3.63, 3.8) is 0 Å². The lowest BCUT2D eigenvalue weighted by molar-refractivity contribution is -0.139. The normalized spacial score (nSPS) is 28.6. The second kappa shape index (κ2) is 7.04. The van der Waals surface area contributed by atoms with Crippen molar-refractivity contribution in [2.75, 3.05) is 19.6 Å². The van der Waals surface area contributed by atoms with Gasteiger partial charge in [-0.3, -0.25) is 14.5 Å². The van der Waals surface area contributed by atoms with Gasteiger partial charge < -0.3 is 15.5 Å². The summed E-state index contributed by atoms with van der Waals surface area (Å²) < 4.78 is 0. The van der Waals surface area contributed by atoms with Crippen LogP contribution in [0.5, 0.6) is 0 Å². The highest BCUT2D eigenvalue weighted by molar-refractivity contribution is 5.69. The monoisotopic (exact) mass is 284 g/mol. The van der Waals surface area contributed by atoms with Gasteiger partial charge in [-0.2, -0.15) is 0 Å². The molecule has 0 radical (unpaired) electrons. The van der Waals surface area contributed by atoms with Crippen LogP contribution in [0.1, 0.15) is 38.5 Å². The van der Waals surface area contributed by atoms with Gasteiger partial charge in [-0.25, -0.2) is 0 Å². The van der Waals surface area contributed by atoms with Gasteiger partial charge in [0.1, 0.15) is 0 Å². The molecular formula is C14H24N2O4. The predicted octanol–water partition coefficient (Wildman–Crippen LogP) is 0.768. The summed E-state index contributed by atoms with van der Waals surface area (Å²) in [5.74, 6) is -1.60. The van der Waals surface area contributed by atoms with Crippen molar-refractivity contribution in [1.82, 2.24) is 10.2 Å². The van der Waals surface area contributed by atoms with Crippen LogP contribution in [-0.4, -0.2) is 58.8 Å². The average Bonchev–Trinajstić information content (AvgIpc) is 2.79. The Morgan fingerprint density at radius 2 is 1.75 bits per heavy atom. The molecule has 2 atom stereocenters. The highest BCUT2D eigenvalue weighted by Crippen LogP contribution is 2.23. The smallest absolute Gasteiger partial charge is 0.317 e. The third-order valence-corrected chi connectivity index (χ3v) is 4.26. The molecule has 0 aromatic rings. The minimum atomic E-state index is -0.847. The molecule has 2 unspecified atom stereocenters. The van der Waals surface area contributed by atoms with E-state index in [0.717, 1.165) is 6.42 Å². The van der Waals surface area contributed by atoms with Gasteiger partial charge in [0.2, 0.25) is 0 Å². The number of hydrogen-bond donors (Lipinski definition) is 3. The number of carbonyl (C=O) groups is 2. The number of rotatable bonds is 6. The van der Waals surface area contributed by atoms with Crippen LogP contribution in [0.2, 0.25) is 0 Å². The number of likely N-dealkylation sites (tertiary alicyclic amines) is 1. The fraction of sp³-hybridized carbons (Fsp3) is 0.857. The molecule has 6 nitrogen and oxygen atoms in total. The second-order valence-corrected chi connectivity index (χ2v) is 6.13. The third kappa shape index (κ3) is 4.76. The molecule has 0 aromatic heterocycles. The largest absolute Gasteiger partial charge is 0.481 e. The zero-order valence-corrected chi connectivity index (χ0v) is 11.8. The van der Waals surface area contributed by atoms with E-state index in [2.05, 4.69) is 5.32 Å². The van der Waals surface area contributed by atoms with E-state index in [1.165, 1.54) is 25.7 Å². The van der Waals surface area contributed by atoms with Gasteiger partial charge in [-0.1, -0.05) is 12.8 Å². The summed E-state index contributed by atoms with van der Waals surface area (Å²) in [7, 11) is 0. The Morgan fingerprint density at radius 1 is 1.05 bits per heavy atom. The number of hydrogen-bond acceptors (Lipinski definition) is 4. The van der Waals surface area contributed by atoms with E-state index in [0.29, 0.717) is 19.1 Å².